The van der Waals surface area contributed by atoms with E-state index in [9.17, 15) is 0 Å². The van der Waals surface area contributed by atoms with Gasteiger partial charge in [0.1, 0.15) is 0 Å². The molecule has 0 aromatic heterocycles. The summed E-state index contributed by atoms with van der Waals surface area (Å²) < 4.78 is 0.945. The van der Waals surface area contributed by atoms with Gasteiger partial charge in [0.2, 0.25) is 0 Å². The lowest BCUT2D eigenvalue weighted by Gasteiger charge is -2.02. The summed E-state index contributed by atoms with van der Waals surface area (Å²) in [5.74, 6) is 0. The number of rotatable bonds is 3. The summed E-state index contributed by atoms with van der Waals surface area (Å²) in [6, 6.07) is 7.94. The fourth-order valence-corrected chi connectivity index (χ4v) is 1.52. The zero-order valence-corrected chi connectivity index (χ0v) is 8.84. The number of hydrogen-bond acceptors (Lipinski definition) is 2. The van der Waals surface area contributed by atoms with Gasteiger partial charge in [0.15, 0.2) is 0 Å². The van der Waals surface area contributed by atoms with Gasteiger partial charge in [-0.1, -0.05) is 22.0 Å². The summed E-state index contributed by atoms with van der Waals surface area (Å²) in [5, 5.41) is 8.84. The van der Waals surface area contributed by atoms with Crippen LogP contribution < -0.4 is 5.73 Å². The van der Waals surface area contributed by atoms with E-state index >= 15 is 0 Å². The predicted octanol–water partition coefficient (Wildman–Crippen LogP) is 2.21. The molecule has 0 atom stereocenters. The molecule has 0 aliphatic heterocycles. The van der Waals surface area contributed by atoms with Crippen molar-refractivity contribution in [3.05, 3.63) is 33.8 Å². The number of nitriles is 1. The maximum atomic E-state index is 8.84. The minimum atomic E-state index is 0.668. The van der Waals surface area contributed by atoms with Crippen molar-refractivity contribution in [2.24, 2.45) is 5.73 Å². The van der Waals surface area contributed by atoms with Gasteiger partial charge in [0.25, 0.3) is 0 Å². The van der Waals surface area contributed by atoms with Crippen LogP contribution >= 0.6 is 15.9 Å². The van der Waals surface area contributed by atoms with Gasteiger partial charge >= 0.3 is 0 Å². The van der Waals surface area contributed by atoms with Gasteiger partial charge in [0.05, 0.1) is 11.6 Å². The molecular weight excluding hydrogens is 228 g/mol. The van der Waals surface area contributed by atoms with Crippen LogP contribution in [0, 0.1) is 11.3 Å². The third kappa shape index (κ3) is 2.83. The second-order valence-corrected chi connectivity index (χ2v) is 3.72. The predicted molar refractivity (Wildman–Crippen MR) is 56.2 cm³/mol. The molecule has 0 saturated heterocycles. The highest BCUT2D eigenvalue weighted by molar-refractivity contribution is 9.10. The van der Waals surface area contributed by atoms with Gasteiger partial charge in [-0.2, -0.15) is 5.26 Å². The summed E-state index contributed by atoms with van der Waals surface area (Å²) in [4.78, 5) is 0. The first kappa shape index (κ1) is 10.2. The largest absolute Gasteiger partial charge is 0.330 e. The fraction of sp³-hybridized carbons (Fsp3) is 0.300. The molecule has 0 fully saturated rings. The van der Waals surface area contributed by atoms with Crippen LogP contribution in [0.15, 0.2) is 22.7 Å². The third-order valence-electron chi connectivity index (χ3n) is 1.84. The van der Waals surface area contributed by atoms with Crippen molar-refractivity contribution in [2.45, 2.75) is 12.8 Å². The number of aryl methyl sites for hydroxylation is 1. The highest BCUT2D eigenvalue weighted by Crippen LogP contribution is 2.16. The quantitative estimate of drug-likeness (QED) is 0.879. The molecule has 0 unspecified atom stereocenters. The topological polar surface area (TPSA) is 49.8 Å². The molecule has 2 N–H and O–H groups in total. The molecule has 1 aromatic carbocycles. The highest BCUT2D eigenvalue weighted by Gasteiger charge is 2.01. The van der Waals surface area contributed by atoms with E-state index in [0.29, 0.717) is 6.54 Å². The van der Waals surface area contributed by atoms with E-state index in [1.165, 1.54) is 0 Å². The van der Waals surface area contributed by atoms with Gasteiger partial charge in [-0.15, -0.1) is 0 Å². The van der Waals surface area contributed by atoms with Crippen LogP contribution in [-0.4, -0.2) is 6.54 Å². The van der Waals surface area contributed by atoms with Crippen LogP contribution in [0.2, 0.25) is 0 Å². The van der Waals surface area contributed by atoms with Crippen molar-refractivity contribution in [2.75, 3.05) is 6.54 Å². The van der Waals surface area contributed by atoms with Crippen LogP contribution in [0.3, 0.4) is 0 Å². The van der Waals surface area contributed by atoms with E-state index in [4.69, 9.17) is 11.0 Å². The van der Waals surface area contributed by atoms with Crippen molar-refractivity contribution in [1.29, 1.82) is 5.26 Å². The third-order valence-corrected chi connectivity index (χ3v) is 2.34. The molecule has 68 valence electrons. The Kier molecular flexibility index (Phi) is 3.94. The van der Waals surface area contributed by atoms with Gasteiger partial charge in [-0.25, -0.2) is 0 Å². The molecule has 0 bridgehead atoms. The molecule has 0 radical (unpaired) electrons. The smallest absolute Gasteiger partial charge is 0.0994 e. The second-order valence-electron chi connectivity index (χ2n) is 2.81. The van der Waals surface area contributed by atoms with Crippen LogP contribution in [0.4, 0.5) is 0 Å². The maximum absolute atomic E-state index is 8.84. The van der Waals surface area contributed by atoms with Gasteiger partial charge < -0.3 is 5.73 Å². The van der Waals surface area contributed by atoms with Crippen molar-refractivity contribution < 1.29 is 0 Å². The average Bonchev–Trinajstić information content (AvgIpc) is 2.16. The van der Waals surface area contributed by atoms with E-state index in [0.717, 1.165) is 28.4 Å². The Labute approximate surface area is 86.5 Å². The van der Waals surface area contributed by atoms with Crippen LogP contribution in [0.5, 0.6) is 0 Å². The average molecular weight is 239 g/mol. The second kappa shape index (κ2) is 5.00. The molecule has 0 aliphatic rings. The number of benzene rings is 1. The molecular formula is C10H11BrN2. The normalized spacial score (nSPS) is 9.62. The molecule has 1 aromatic rings. The Morgan fingerprint density at radius 3 is 2.85 bits per heavy atom. The lowest BCUT2D eigenvalue weighted by atomic mass is 10.0. The first-order valence-corrected chi connectivity index (χ1v) is 4.96. The summed E-state index contributed by atoms with van der Waals surface area (Å²) >= 11 is 3.33. The molecule has 13 heavy (non-hydrogen) atoms. The van der Waals surface area contributed by atoms with Crippen LogP contribution in [0.1, 0.15) is 17.5 Å². The first-order chi connectivity index (χ1) is 6.27. The number of nitrogens with two attached hydrogens (primary N) is 1. The molecule has 0 heterocycles. The highest BCUT2D eigenvalue weighted by atomic mass is 79.9. The summed E-state index contributed by atoms with van der Waals surface area (Å²) in [6.07, 6.45) is 1.81. The van der Waals surface area contributed by atoms with E-state index in [-0.39, 0.29) is 0 Å². The van der Waals surface area contributed by atoms with Crippen molar-refractivity contribution in [1.82, 2.24) is 0 Å². The molecule has 0 aliphatic carbocycles. The van der Waals surface area contributed by atoms with E-state index in [1.54, 1.807) is 0 Å². The Bertz CT molecular complexity index is 328. The molecule has 0 spiro atoms. The molecule has 0 amide bonds. The van der Waals surface area contributed by atoms with E-state index in [2.05, 4.69) is 22.0 Å². The summed E-state index contributed by atoms with van der Waals surface area (Å²) in [6.45, 7) is 0.668. The SMILES string of the molecule is N#Cc1cc(Br)ccc1CCCN. The molecule has 0 saturated carbocycles. The Morgan fingerprint density at radius 1 is 1.46 bits per heavy atom. The number of hydrogen-bond donors (Lipinski definition) is 1. The van der Waals surface area contributed by atoms with Gasteiger partial charge in [0, 0.05) is 4.47 Å². The minimum Gasteiger partial charge on any atom is -0.330 e. The molecule has 1 rings (SSSR count). The Morgan fingerprint density at radius 2 is 2.23 bits per heavy atom. The summed E-state index contributed by atoms with van der Waals surface area (Å²) in [7, 11) is 0. The number of nitrogens with zero attached hydrogens (tertiary/aromatic N) is 1. The van der Waals surface area contributed by atoms with Crippen LogP contribution in [0.25, 0.3) is 0 Å². The first-order valence-electron chi connectivity index (χ1n) is 4.16. The van der Waals surface area contributed by atoms with E-state index in [1.807, 2.05) is 18.2 Å². The van der Waals surface area contributed by atoms with Crippen molar-refractivity contribution in [3.8, 4) is 6.07 Å². The lowest BCUT2D eigenvalue weighted by Crippen LogP contribution is -2.01. The standard InChI is InChI=1S/C10H11BrN2/c11-10-4-3-8(2-1-5-12)9(6-10)7-13/h3-4,6H,1-2,5,12H2. The molecule has 3 heteroatoms. The van der Waals surface area contributed by atoms with Crippen LogP contribution in [-0.2, 0) is 6.42 Å². The monoisotopic (exact) mass is 238 g/mol. The van der Waals surface area contributed by atoms with E-state index < -0.39 is 0 Å². The summed E-state index contributed by atoms with van der Waals surface area (Å²) in [5.41, 5.74) is 7.22. The van der Waals surface area contributed by atoms with Gasteiger partial charge in [-0.05, 0) is 37.1 Å². The Balaban J connectivity index is 2.88. The van der Waals surface area contributed by atoms with Crippen molar-refractivity contribution in [3.63, 3.8) is 0 Å². The Hall–Kier alpha value is -0.850. The number of halogens is 1. The zero-order chi connectivity index (χ0) is 9.68. The van der Waals surface area contributed by atoms with Crippen molar-refractivity contribution >= 4 is 15.9 Å². The fourth-order valence-electron chi connectivity index (χ4n) is 1.16. The molecule has 2 nitrogen and oxygen atoms in total. The zero-order valence-electron chi connectivity index (χ0n) is 7.26. The minimum absolute atomic E-state index is 0.668. The van der Waals surface area contributed by atoms with Gasteiger partial charge in [-0.3, -0.25) is 0 Å². The maximum Gasteiger partial charge on any atom is 0.0994 e. The lowest BCUT2D eigenvalue weighted by molar-refractivity contribution is 0.830.